The van der Waals surface area contributed by atoms with Crippen molar-refractivity contribution in [2.45, 2.75) is 0 Å². The van der Waals surface area contributed by atoms with Gasteiger partial charge in [-0.3, -0.25) is 0 Å². The molecule has 0 bridgehead atoms. The van der Waals surface area contributed by atoms with E-state index in [1.165, 1.54) is 4.68 Å². The third-order valence-corrected chi connectivity index (χ3v) is 0.625. The third-order valence-electron chi connectivity index (χ3n) is 0.625. The normalized spacial score (nSPS) is 9.44. The molecule has 0 aromatic carbocycles. The molecule has 1 heterocycles. The number of aromatic nitrogens is 3. The van der Waals surface area contributed by atoms with Gasteiger partial charge in [0.2, 0.25) is 0 Å². The number of rotatable bonds is 1. The average molecular weight is 347 g/mol. The van der Waals surface area contributed by atoms with E-state index in [0.29, 0.717) is 0 Å². The summed E-state index contributed by atoms with van der Waals surface area (Å²) >= 11 is 0. The predicted molar refractivity (Wildman–Crippen MR) is 28.8 cm³/mol. The predicted octanol–water partition coefficient (Wildman–Crippen LogP) is -0.339. The molecule has 0 aliphatic rings. The molecule has 0 aliphatic carbocycles. The first-order valence-electron chi connectivity index (χ1n) is 2.14. The Morgan fingerprint density at radius 1 is 1.67 bits per heavy atom. The van der Waals surface area contributed by atoms with Crippen molar-refractivity contribution in [1.29, 1.82) is 0 Å². The second-order valence-electron chi connectivity index (χ2n) is 1.17. The SMILES string of the molecule is CN=[C-]n1ccnn1.[U]. The minimum absolute atomic E-state index is 0. The van der Waals surface area contributed by atoms with Crippen molar-refractivity contribution < 1.29 is 31.1 Å². The van der Waals surface area contributed by atoms with Gasteiger partial charge in [-0.2, -0.15) is 5.10 Å². The summed E-state index contributed by atoms with van der Waals surface area (Å²) in [6, 6.07) is 0. The number of aliphatic imine (C=N–C) groups is 1. The van der Waals surface area contributed by atoms with Gasteiger partial charge in [-0.15, -0.1) is 0 Å². The van der Waals surface area contributed by atoms with Crippen LogP contribution < -0.4 is 0 Å². The van der Waals surface area contributed by atoms with Crippen molar-refractivity contribution >= 4 is 6.34 Å². The molecule has 1 aromatic rings. The van der Waals surface area contributed by atoms with Crippen LogP contribution in [0.2, 0.25) is 0 Å². The molecule has 0 saturated carbocycles. The van der Waals surface area contributed by atoms with Crippen molar-refractivity contribution in [2.75, 3.05) is 7.05 Å². The third kappa shape index (κ3) is 2.78. The fourth-order valence-electron chi connectivity index (χ4n) is 0.364. The molecule has 0 atom stereocenters. The summed E-state index contributed by atoms with van der Waals surface area (Å²) in [5, 5.41) is 7.10. The van der Waals surface area contributed by atoms with E-state index in [1.54, 1.807) is 19.4 Å². The van der Waals surface area contributed by atoms with E-state index < -0.39 is 0 Å². The molecule has 0 radical (unpaired) electrons. The summed E-state index contributed by atoms with van der Waals surface area (Å²) in [4.78, 5) is 3.59. The number of hydrogen-bond donors (Lipinski definition) is 0. The zero-order valence-electron chi connectivity index (χ0n) is 4.94. The van der Waals surface area contributed by atoms with Gasteiger partial charge in [0, 0.05) is 38.2 Å². The molecular weight excluding hydrogens is 342 g/mol. The molecule has 0 fully saturated rings. The van der Waals surface area contributed by atoms with E-state index in [4.69, 9.17) is 0 Å². The smallest absolute Gasteiger partial charge is 0.00760 e. The summed E-state index contributed by atoms with van der Waals surface area (Å²) in [7, 11) is 1.63. The largest absolute Gasteiger partial charge is 0.379 e. The Hall–Kier alpha value is -0.138. The maximum absolute atomic E-state index is 3.59. The first-order chi connectivity index (χ1) is 3.93. The minimum Gasteiger partial charge on any atom is -0.379 e. The Morgan fingerprint density at radius 3 is 2.89 bits per heavy atom. The summed E-state index contributed by atoms with van der Waals surface area (Å²) in [6.45, 7) is 0. The zero-order chi connectivity index (χ0) is 5.82. The molecule has 0 aliphatic heterocycles. The van der Waals surface area contributed by atoms with Crippen LogP contribution in [0.15, 0.2) is 17.4 Å². The van der Waals surface area contributed by atoms with Crippen LogP contribution in [-0.4, -0.2) is 28.4 Å². The van der Waals surface area contributed by atoms with Gasteiger partial charge in [-0.25, -0.2) is 0 Å². The van der Waals surface area contributed by atoms with Crippen LogP contribution in [-0.2, 0) is 0 Å². The first kappa shape index (κ1) is 8.86. The summed E-state index contributed by atoms with van der Waals surface area (Å²) in [5.74, 6) is 0. The molecule has 1 rings (SSSR count). The van der Waals surface area contributed by atoms with E-state index in [2.05, 4.69) is 21.6 Å². The van der Waals surface area contributed by atoms with Crippen LogP contribution in [0.25, 0.3) is 0 Å². The Bertz CT molecular complexity index is 169. The number of hydrogen-bond acceptors (Lipinski definition) is 3. The summed E-state index contributed by atoms with van der Waals surface area (Å²) in [6.07, 6.45) is 5.78. The molecule has 0 N–H and O–H groups in total. The van der Waals surface area contributed by atoms with Crippen LogP contribution in [0.5, 0.6) is 0 Å². The summed E-state index contributed by atoms with van der Waals surface area (Å²) in [5.41, 5.74) is 0. The van der Waals surface area contributed by atoms with Gasteiger partial charge in [0.05, 0.1) is 0 Å². The molecule has 46 valence electrons. The van der Waals surface area contributed by atoms with Crippen molar-refractivity contribution in [3.63, 3.8) is 0 Å². The fourth-order valence-corrected chi connectivity index (χ4v) is 0.364. The molecule has 0 amide bonds. The van der Waals surface area contributed by atoms with E-state index >= 15 is 0 Å². The molecule has 0 unspecified atom stereocenters. The van der Waals surface area contributed by atoms with Crippen LogP contribution in [0.1, 0.15) is 0 Å². The minimum atomic E-state index is 0. The van der Waals surface area contributed by atoms with Gasteiger partial charge in [-0.1, -0.05) is 11.4 Å². The molecule has 9 heavy (non-hydrogen) atoms. The Kier molecular flexibility index (Phi) is 4.64. The topological polar surface area (TPSA) is 43.1 Å². The quantitative estimate of drug-likeness (QED) is 0.396. The van der Waals surface area contributed by atoms with Crippen molar-refractivity contribution in [3.05, 3.63) is 12.4 Å². The van der Waals surface area contributed by atoms with Gasteiger partial charge in [0.1, 0.15) is 0 Å². The first-order valence-corrected chi connectivity index (χ1v) is 2.14. The molecule has 4 nitrogen and oxygen atoms in total. The molecule has 0 saturated heterocycles. The standard InChI is InChI=1S/C4H5N4.U/c1-5-4-8-3-2-6-7-8;/h2-3H,1H3;/q-1;. The van der Waals surface area contributed by atoms with Crippen LogP contribution in [0, 0.1) is 31.1 Å². The Morgan fingerprint density at radius 2 is 2.44 bits per heavy atom. The van der Waals surface area contributed by atoms with Crippen molar-refractivity contribution in [1.82, 2.24) is 15.0 Å². The van der Waals surface area contributed by atoms with Gasteiger partial charge in [0.25, 0.3) is 0 Å². The Labute approximate surface area is 76.7 Å². The zero-order valence-corrected chi connectivity index (χ0v) is 9.11. The molecule has 5 heteroatoms. The maximum atomic E-state index is 3.59. The van der Waals surface area contributed by atoms with E-state index in [0.717, 1.165) is 0 Å². The fraction of sp³-hybridized carbons (Fsp3) is 0.250. The Balaban J connectivity index is 0.000000640. The van der Waals surface area contributed by atoms with Crippen LogP contribution in [0.4, 0.5) is 0 Å². The summed E-state index contributed by atoms with van der Waals surface area (Å²) < 4.78 is 1.40. The van der Waals surface area contributed by atoms with Crippen LogP contribution in [0.3, 0.4) is 0 Å². The second-order valence-corrected chi connectivity index (χ2v) is 1.17. The monoisotopic (exact) mass is 347 g/mol. The van der Waals surface area contributed by atoms with Gasteiger partial charge in [0.15, 0.2) is 0 Å². The molecule has 0 spiro atoms. The van der Waals surface area contributed by atoms with Crippen molar-refractivity contribution in [2.24, 2.45) is 4.99 Å². The van der Waals surface area contributed by atoms with Crippen LogP contribution >= 0.6 is 0 Å². The van der Waals surface area contributed by atoms with Gasteiger partial charge < -0.3 is 9.67 Å². The van der Waals surface area contributed by atoms with E-state index in [-0.39, 0.29) is 31.1 Å². The molecule has 1 aromatic heterocycles. The van der Waals surface area contributed by atoms with Gasteiger partial charge >= 0.3 is 0 Å². The van der Waals surface area contributed by atoms with E-state index in [9.17, 15) is 0 Å². The second kappa shape index (κ2) is 4.71. The maximum Gasteiger partial charge on any atom is 0.00760 e. The van der Waals surface area contributed by atoms with Crippen molar-refractivity contribution in [3.8, 4) is 0 Å². The number of nitrogens with zero attached hydrogens (tertiary/aromatic N) is 4. The molecular formula is C4H5N4U-. The van der Waals surface area contributed by atoms with Gasteiger partial charge in [-0.05, 0) is 12.5 Å². The van der Waals surface area contributed by atoms with E-state index in [1.807, 2.05) is 0 Å². The average Bonchev–Trinajstić information content (AvgIpc) is 2.19.